The quantitative estimate of drug-likeness (QED) is 0.849. The van der Waals surface area contributed by atoms with Gasteiger partial charge in [0.2, 0.25) is 0 Å². The Morgan fingerprint density at radius 1 is 1.35 bits per heavy atom. The highest BCUT2D eigenvalue weighted by Crippen LogP contribution is 2.15. The molecule has 0 aliphatic carbocycles. The van der Waals surface area contributed by atoms with Crippen LogP contribution in [0.2, 0.25) is 0 Å². The number of carboxylic acids is 1. The molecule has 0 radical (unpaired) electrons. The van der Waals surface area contributed by atoms with E-state index in [-0.39, 0.29) is 11.7 Å². The lowest BCUT2D eigenvalue weighted by Gasteiger charge is -2.29. The Hall–Kier alpha value is -1.65. The van der Waals surface area contributed by atoms with Crippen LogP contribution in [-0.4, -0.2) is 33.6 Å². The molecule has 1 rings (SSSR count). The molecule has 0 fully saturated rings. The fourth-order valence-corrected chi connectivity index (χ4v) is 1.56. The van der Waals surface area contributed by atoms with E-state index in [9.17, 15) is 4.79 Å². The molecule has 0 unspecified atom stereocenters. The highest BCUT2D eigenvalue weighted by atomic mass is 16.4. The van der Waals surface area contributed by atoms with Crippen LogP contribution >= 0.6 is 0 Å². The van der Waals surface area contributed by atoms with Crippen molar-refractivity contribution in [3.8, 4) is 0 Å². The van der Waals surface area contributed by atoms with Crippen LogP contribution in [0.3, 0.4) is 0 Å². The first-order valence-corrected chi connectivity index (χ1v) is 5.73. The van der Waals surface area contributed by atoms with Crippen molar-refractivity contribution in [3.63, 3.8) is 0 Å². The van der Waals surface area contributed by atoms with Crippen LogP contribution in [-0.2, 0) is 0 Å². The van der Waals surface area contributed by atoms with Gasteiger partial charge in [-0.1, -0.05) is 13.8 Å². The maximum atomic E-state index is 10.8. The zero-order chi connectivity index (χ0) is 13.0. The summed E-state index contributed by atoms with van der Waals surface area (Å²) < 4.78 is 0. The van der Waals surface area contributed by atoms with Crippen molar-refractivity contribution < 1.29 is 9.90 Å². The van der Waals surface area contributed by atoms with E-state index in [0.717, 1.165) is 6.54 Å². The highest BCUT2D eigenvalue weighted by molar-refractivity contribution is 5.85. The van der Waals surface area contributed by atoms with Gasteiger partial charge in [0.05, 0.1) is 12.4 Å². The average Bonchev–Trinajstić information content (AvgIpc) is 2.25. The lowest BCUT2D eigenvalue weighted by Crippen LogP contribution is -2.35. The standard InChI is InChI=1S/C12H19N3O2/c1-8(2)7-15(9(3)4)11-6-13-5-10(14-11)12(16)17/h5-6,8-9H,7H2,1-4H3,(H,16,17). The van der Waals surface area contributed by atoms with E-state index < -0.39 is 5.97 Å². The summed E-state index contributed by atoms with van der Waals surface area (Å²) in [7, 11) is 0. The molecule has 0 aliphatic rings. The van der Waals surface area contributed by atoms with Crippen molar-refractivity contribution in [2.45, 2.75) is 33.7 Å². The van der Waals surface area contributed by atoms with Gasteiger partial charge in [0.1, 0.15) is 5.82 Å². The molecule has 0 aromatic carbocycles. The Kier molecular flexibility index (Phi) is 4.43. The van der Waals surface area contributed by atoms with Gasteiger partial charge in [-0.3, -0.25) is 4.98 Å². The molecular weight excluding hydrogens is 218 g/mol. The van der Waals surface area contributed by atoms with Gasteiger partial charge in [-0.2, -0.15) is 0 Å². The summed E-state index contributed by atoms with van der Waals surface area (Å²) in [4.78, 5) is 20.9. The number of hydrogen-bond acceptors (Lipinski definition) is 4. The molecule has 0 bridgehead atoms. The molecule has 5 nitrogen and oxygen atoms in total. The van der Waals surface area contributed by atoms with Crippen molar-refractivity contribution in [2.75, 3.05) is 11.4 Å². The number of aromatic carboxylic acids is 1. The number of nitrogens with zero attached hydrogens (tertiary/aromatic N) is 3. The Morgan fingerprint density at radius 2 is 2.00 bits per heavy atom. The first kappa shape index (κ1) is 13.4. The molecule has 5 heteroatoms. The minimum atomic E-state index is -1.05. The van der Waals surface area contributed by atoms with Crippen LogP contribution in [0.5, 0.6) is 0 Å². The maximum Gasteiger partial charge on any atom is 0.356 e. The Bertz CT molecular complexity index is 391. The molecule has 0 aliphatic heterocycles. The molecule has 17 heavy (non-hydrogen) atoms. The number of aromatic nitrogens is 2. The van der Waals surface area contributed by atoms with Crippen LogP contribution in [0.4, 0.5) is 5.82 Å². The summed E-state index contributed by atoms with van der Waals surface area (Å²) in [5.74, 6) is 0.0499. The predicted octanol–water partition coefficient (Wildman–Crippen LogP) is 2.05. The minimum absolute atomic E-state index is 0.0168. The summed E-state index contributed by atoms with van der Waals surface area (Å²) in [6, 6.07) is 0.260. The summed E-state index contributed by atoms with van der Waals surface area (Å²) in [5.41, 5.74) is -0.0168. The summed E-state index contributed by atoms with van der Waals surface area (Å²) in [5, 5.41) is 8.89. The second-order valence-corrected chi connectivity index (χ2v) is 4.71. The molecule has 0 spiro atoms. The molecule has 94 valence electrons. The second-order valence-electron chi connectivity index (χ2n) is 4.71. The minimum Gasteiger partial charge on any atom is -0.476 e. The highest BCUT2D eigenvalue weighted by Gasteiger charge is 2.15. The molecule has 0 saturated heterocycles. The SMILES string of the molecule is CC(C)CN(c1cncc(C(=O)O)n1)C(C)C. The van der Waals surface area contributed by atoms with E-state index in [1.807, 2.05) is 0 Å². The lowest BCUT2D eigenvalue weighted by molar-refractivity contribution is 0.0690. The van der Waals surface area contributed by atoms with Crippen molar-refractivity contribution in [1.82, 2.24) is 9.97 Å². The van der Waals surface area contributed by atoms with Gasteiger partial charge in [0, 0.05) is 12.6 Å². The fourth-order valence-electron chi connectivity index (χ4n) is 1.56. The number of hydrogen-bond donors (Lipinski definition) is 1. The lowest BCUT2D eigenvalue weighted by atomic mass is 10.2. The zero-order valence-corrected chi connectivity index (χ0v) is 10.7. The van der Waals surface area contributed by atoms with E-state index in [2.05, 4.69) is 42.6 Å². The maximum absolute atomic E-state index is 10.8. The first-order chi connectivity index (χ1) is 7.91. The van der Waals surface area contributed by atoms with Gasteiger partial charge in [-0.05, 0) is 19.8 Å². The van der Waals surface area contributed by atoms with Crippen LogP contribution in [0.1, 0.15) is 38.2 Å². The molecule has 1 aromatic heterocycles. The molecule has 0 amide bonds. The number of anilines is 1. The van der Waals surface area contributed by atoms with E-state index in [4.69, 9.17) is 5.11 Å². The average molecular weight is 237 g/mol. The van der Waals surface area contributed by atoms with Crippen LogP contribution in [0.25, 0.3) is 0 Å². The van der Waals surface area contributed by atoms with Crippen molar-refractivity contribution >= 4 is 11.8 Å². The largest absolute Gasteiger partial charge is 0.476 e. The van der Waals surface area contributed by atoms with E-state index in [0.29, 0.717) is 11.7 Å². The van der Waals surface area contributed by atoms with Crippen molar-refractivity contribution in [2.24, 2.45) is 5.92 Å². The second kappa shape index (κ2) is 5.61. The van der Waals surface area contributed by atoms with Gasteiger partial charge in [0.25, 0.3) is 0 Å². The Labute approximate surface area is 102 Å². The fraction of sp³-hybridized carbons (Fsp3) is 0.583. The summed E-state index contributed by atoms with van der Waals surface area (Å²) in [6.45, 7) is 9.16. The number of carboxylic acid groups (broad SMARTS) is 1. The third-order valence-corrected chi connectivity index (χ3v) is 2.32. The van der Waals surface area contributed by atoms with E-state index >= 15 is 0 Å². The van der Waals surface area contributed by atoms with Gasteiger partial charge in [-0.15, -0.1) is 0 Å². The van der Waals surface area contributed by atoms with Gasteiger partial charge < -0.3 is 10.0 Å². The normalized spacial score (nSPS) is 10.9. The third-order valence-electron chi connectivity index (χ3n) is 2.32. The predicted molar refractivity (Wildman–Crippen MR) is 66.3 cm³/mol. The molecule has 0 saturated carbocycles. The smallest absolute Gasteiger partial charge is 0.356 e. The van der Waals surface area contributed by atoms with E-state index in [1.165, 1.54) is 6.20 Å². The number of rotatable bonds is 5. The first-order valence-electron chi connectivity index (χ1n) is 5.73. The molecular formula is C12H19N3O2. The van der Waals surface area contributed by atoms with Crippen molar-refractivity contribution in [1.29, 1.82) is 0 Å². The molecule has 1 N–H and O–H groups in total. The summed E-state index contributed by atoms with van der Waals surface area (Å²) >= 11 is 0. The van der Waals surface area contributed by atoms with Crippen LogP contribution in [0.15, 0.2) is 12.4 Å². The van der Waals surface area contributed by atoms with Crippen molar-refractivity contribution in [3.05, 3.63) is 18.1 Å². The monoisotopic (exact) mass is 237 g/mol. The topological polar surface area (TPSA) is 66.3 Å². The Balaban J connectivity index is 3.01. The van der Waals surface area contributed by atoms with Gasteiger partial charge in [0.15, 0.2) is 5.69 Å². The molecule has 1 aromatic rings. The van der Waals surface area contributed by atoms with E-state index in [1.54, 1.807) is 6.20 Å². The van der Waals surface area contributed by atoms with Crippen LogP contribution < -0.4 is 4.90 Å². The molecule has 1 heterocycles. The zero-order valence-electron chi connectivity index (χ0n) is 10.7. The third kappa shape index (κ3) is 3.69. The summed E-state index contributed by atoms with van der Waals surface area (Å²) in [6.07, 6.45) is 2.87. The Morgan fingerprint density at radius 3 is 2.47 bits per heavy atom. The van der Waals surface area contributed by atoms with Crippen LogP contribution in [0, 0.1) is 5.92 Å². The van der Waals surface area contributed by atoms with Gasteiger partial charge >= 0.3 is 5.97 Å². The van der Waals surface area contributed by atoms with Gasteiger partial charge in [-0.25, -0.2) is 9.78 Å². The number of carbonyl (C=O) groups is 1. The molecule has 0 atom stereocenters.